The van der Waals surface area contributed by atoms with Crippen LogP contribution < -0.4 is 0 Å². The highest BCUT2D eigenvalue weighted by atomic mass is 28.4. The molecule has 0 saturated carbocycles. The highest BCUT2D eigenvalue weighted by Crippen LogP contribution is 2.40. The Labute approximate surface area is 153 Å². The van der Waals surface area contributed by atoms with Gasteiger partial charge >= 0.3 is 0 Å². The molecule has 2 nitrogen and oxygen atoms in total. The molecule has 0 aromatic heterocycles. The molecular weight excluding hydrogens is 328 g/mol. The summed E-state index contributed by atoms with van der Waals surface area (Å²) in [5, 5.41) is 0.347. The van der Waals surface area contributed by atoms with Crippen molar-refractivity contribution in [1.82, 2.24) is 0 Å². The van der Waals surface area contributed by atoms with Crippen LogP contribution in [0.2, 0.25) is 36.3 Å². The first kappa shape index (κ1) is 23.7. The summed E-state index contributed by atoms with van der Waals surface area (Å²) in [6, 6.07) is 0. The molecule has 4 heteroatoms. The lowest BCUT2D eigenvalue weighted by molar-refractivity contribution is 0.117. The Hall–Kier alpha value is -0.346. The molecule has 0 aliphatic carbocycles. The van der Waals surface area contributed by atoms with Crippen molar-refractivity contribution in [3.63, 3.8) is 0 Å². The molecule has 0 N–H and O–H groups in total. The topological polar surface area (TPSA) is 18.5 Å². The molecule has 0 spiro atoms. The molecular formula is C20H40O2Si2. The van der Waals surface area contributed by atoms with E-state index < -0.39 is 16.6 Å². The van der Waals surface area contributed by atoms with Crippen LogP contribution in [0.25, 0.3) is 0 Å². The number of hydrogen-bond donors (Lipinski definition) is 0. The van der Waals surface area contributed by atoms with Crippen molar-refractivity contribution in [3.8, 4) is 12.3 Å². The predicted octanol–water partition coefficient (Wildman–Crippen LogP) is 6.37. The van der Waals surface area contributed by atoms with Crippen molar-refractivity contribution < 1.29 is 8.85 Å². The molecule has 0 aliphatic rings. The van der Waals surface area contributed by atoms with Gasteiger partial charge in [-0.1, -0.05) is 47.6 Å². The second kappa shape index (κ2) is 8.36. The van der Waals surface area contributed by atoms with E-state index in [0.717, 1.165) is 6.42 Å². The van der Waals surface area contributed by atoms with Gasteiger partial charge in [0.15, 0.2) is 16.6 Å². The van der Waals surface area contributed by atoms with Gasteiger partial charge < -0.3 is 8.85 Å². The first-order valence-electron chi connectivity index (χ1n) is 8.99. The maximum absolute atomic E-state index is 6.56. The van der Waals surface area contributed by atoms with Gasteiger partial charge in [-0.3, -0.25) is 0 Å². The third-order valence-electron chi connectivity index (χ3n) is 5.62. The fourth-order valence-corrected chi connectivity index (χ4v) is 4.57. The van der Waals surface area contributed by atoms with Crippen LogP contribution in [0.1, 0.15) is 54.4 Å². The SMILES string of the molecule is C#CC[C@H](C[C@@H](C=C)O[Si](C)(C)C(C)(C)C)O[Si](C)(C)C(C)(C)C. The summed E-state index contributed by atoms with van der Waals surface area (Å²) in [5.41, 5.74) is 0. The van der Waals surface area contributed by atoms with Gasteiger partial charge in [0.05, 0.1) is 12.2 Å². The van der Waals surface area contributed by atoms with Gasteiger partial charge in [0, 0.05) is 12.8 Å². The molecule has 0 bridgehead atoms. The standard InChI is InChI=1S/C20H40O2Si2/c1-13-15-18(22-24(11,12)20(6,7)8)16-17(14-2)21-23(9,10)19(3,4)5/h1,14,17-18H,2,15-16H2,3-12H3/t17-,18-/m1/s1. The maximum Gasteiger partial charge on any atom is 0.192 e. The summed E-state index contributed by atoms with van der Waals surface area (Å²) < 4.78 is 13.1. The second-order valence-electron chi connectivity index (χ2n) is 9.80. The Morgan fingerprint density at radius 2 is 1.38 bits per heavy atom. The molecule has 0 unspecified atom stereocenters. The minimum Gasteiger partial charge on any atom is -0.413 e. The van der Waals surface area contributed by atoms with Crippen molar-refractivity contribution in [3.05, 3.63) is 12.7 Å². The van der Waals surface area contributed by atoms with Gasteiger partial charge in [-0.05, 0) is 36.3 Å². The van der Waals surface area contributed by atoms with E-state index in [-0.39, 0.29) is 22.3 Å². The Bertz CT molecular complexity index is 448. The molecule has 0 amide bonds. The van der Waals surface area contributed by atoms with Gasteiger partial charge in [0.2, 0.25) is 0 Å². The van der Waals surface area contributed by atoms with Crippen LogP contribution in [0, 0.1) is 12.3 Å². The smallest absolute Gasteiger partial charge is 0.192 e. The molecule has 0 fully saturated rings. The van der Waals surface area contributed by atoms with Crippen LogP contribution in [0.5, 0.6) is 0 Å². The fraction of sp³-hybridized carbons (Fsp3) is 0.800. The van der Waals surface area contributed by atoms with Gasteiger partial charge in [-0.2, -0.15) is 0 Å². The molecule has 24 heavy (non-hydrogen) atoms. The molecule has 2 atom stereocenters. The van der Waals surface area contributed by atoms with E-state index in [0.29, 0.717) is 6.42 Å². The molecule has 0 heterocycles. The highest BCUT2D eigenvalue weighted by Gasteiger charge is 2.41. The summed E-state index contributed by atoms with van der Waals surface area (Å²) in [5.74, 6) is 2.78. The number of rotatable bonds is 8. The minimum absolute atomic E-state index is 0.00555. The zero-order valence-corrected chi connectivity index (χ0v) is 19.7. The fourth-order valence-electron chi connectivity index (χ4n) is 1.90. The van der Waals surface area contributed by atoms with E-state index in [2.05, 4.69) is 80.2 Å². The summed E-state index contributed by atoms with van der Waals surface area (Å²) >= 11 is 0. The van der Waals surface area contributed by atoms with E-state index >= 15 is 0 Å². The lowest BCUT2D eigenvalue weighted by Crippen LogP contribution is -2.47. The summed E-state index contributed by atoms with van der Waals surface area (Å²) in [4.78, 5) is 0. The molecule has 0 aromatic rings. The summed E-state index contributed by atoms with van der Waals surface area (Å²) in [6.45, 7) is 26.6. The molecule has 0 aliphatic heterocycles. The zero-order valence-electron chi connectivity index (χ0n) is 17.7. The Kier molecular flexibility index (Phi) is 8.24. The lowest BCUT2D eigenvalue weighted by atomic mass is 10.1. The summed E-state index contributed by atoms with van der Waals surface area (Å²) in [7, 11) is -3.70. The van der Waals surface area contributed by atoms with E-state index in [9.17, 15) is 0 Å². The first-order chi connectivity index (χ1) is 10.6. The normalized spacial score (nSPS) is 16.4. The first-order valence-corrected chi connectivity index (χ1v) is 14.8. The van der Waals surface area contributed by atoms with Crippen LogP contribution in [0.15, 0.2) is 12.7 Å². The van der Waals surface area contributed by atoms with Gasteiger partial charge in [-0.25, -0.2) is 0 Å². The van der Waals surface area contributed by atoms with E-state index in [1.165, 1.54) is 0 Å². The zero-order chi connectivity index (χ0) is 19.4. The van der Waals surface area contributed by atoms with Gasteiger partial charge in [0.25, 0.3) is 0 Å². The molecule has 140 valence electrons. The van der Waals surface area contributed by atoms with Crippen LogP contribution in [0.3, 0.4) is 0 Å². The van der Waals surface area contributed by atoms with Crippen LogP contribution >= 0.6 is 0 Å². The van der Waals surface area contributed by atoms with Crippen LogP contribution in [-0.4, -0.2) is 28.8 Å². The Morgan fingerprint density at radius 3 is 1.71 bits per heavy atom. The molecule has 0 saturated heterocycles. The third-order valence-corrected chi connectivity index (χ3v) is 14.7. The highest BCUT2D eigenvalue weighted by molar-refractivity contribution is 6.74. The Balaban J connectivity index is 5.16. The molecule has 0 rings (SSSR count). The van der Waals surface area contributed by atoms with E-state index in [4.69, 9.17) is 15.3 Å². The monoisotopic (exact) mass is 368 g/mol. The van der Waals surface area contributed by atoms with Crippen LogP contribution in [-0.2, 0) is 8.85 Å². The van der Waals surface area contributed by atoms with Gasteiger partial charge in [-0.15, -0.1) is 18.9 Å². The maximum atomic E-state index is 6.56. The van der Waals surface area contributed by atoms with Crippen molar-refractivity contribution in [2.24, 2.45) is 0 Å². The van der Waals surface area contributed by atoms with Crippen molar-refractivity contribution in [2.45, 2.75) is 103 Å². The molecule has 0 radical (unpaired) electrons. The average Bonchev–Trinajstić information content (AvgIpc) is 2.34. The van der Waals surface area contributed by atoms with Crippen molar-refractivity contribution >= 4 is 16.6 Å². The molecule has 0 aromatic carbocycles. The van der Waals surface area contributed by atoms with Crippen molar-refractivity contribution in [1.29, 1.82) is 0 Å². The van der Waals surface area contributed by atoms with Crippen LogP contribution in [0.4, 0.5) is 0 Å². The predicted molar refractivity (Wildman–Crippen MR) is 112 cm³/mol. The number of hydrogen-bond acceptors (Lipinski definition) is 2. The lowest BCUT2D eigenvalue weighted by Gasteiger charge is -2.41. The average molecular weight is 369 g/mol. The summed E-state index contributed by atoms with van der Waals surface area (Å²) in [6.07, 6.45) is 8.95. The van der Waals surface area contributed by atoms with E-state index in [1.54, 1.807) is 0 Å². The second-order valence-corrected chi connectivity index (χ2v) is 19.3. The quantitative estimate of drug-likeness (QED) is 0.282. The third kappa shape index (κ3) is 6.88. The number of terminal acetylenes is 1. The Morgan fingerprint density at radius 1 is 0.958 bits per heavy atom. The van der Waals surface area contributed by atoms with Gasteiger partial charge in [0.1, 0.15) is 0 Å². The minimum atomic E-state index is -1.85. The van der Waals surface area contributed by atoms with E-state index in [1.807, 2.05) is 6.08 Å². The van der Waals surface area contributed by atoms with Crippen molar-refractivity contribution in [2.75, 3.05) is 0 Å². The largest absolute Gasteiger partial charge is 0.413 e.